The number of benzene rings is 2. The highest BCUT2D eigenvalue weighted by Crippen LogP contribution is 2.36. The Morgan fingerprint density at radius 2 is 1.66 bits per heavy atom. The lowest BCUT2D eigenvalue weighted by Crippen LogP contribution is -2.24. The molecular formula is C27H35NO4. The molecule has 0 aliphatic carbocycles. The van der Waals surface area contributed by atoms with Gasteiger partial charge in [-0.2, -0.15) is 0 Å². The molecule has 1 amide bonds. The number of amides is 1. The number of esters is 1. The zero-order valence-electron chi connectivity index (χ0n) is 20.2. The molecule has 0 saturated heterocycles. The molecule has 0 unspecified atom stereocenters. The molecule has 2 aromatic carbocycles. The van der Waals surface area contributed by atoms with Crippen molar-refractivity contribution >= 4 is 17.6 Å². The highest BCUT2D eigenvalue weighted by molar-refractivity contribution is 6.00. The topological polar surface area (TPSA) is 64.6 Å². The maximum Gasteiger partial charge on any atom is 0.338 e. The Labute approximate surface area is 191 Å². The van der Waals surface area contributed by atoms with Crippen molar-refractivity contribution in [1.29, 1.82) is 0 Å². The highest BCUT2D eigenvalue weighted by Gasteiger charge is 2.27. The average molecular weight is 438 g/mol. The average Bonchev–Trinajstić information content (AvgIpc) is 2.66. The van der Waals surface area contributed by atoms with Gasteiger partial charge in [-0.1, -0.05) is 52.8 Å². The monoisotopic (exact) mass is 437 g/mol. The third-order valence-electron chi connectivity index (χ3n) is 4.74. The van der Waals surface area contributed by atoms with Crippen molar-refractivity contribution in [2.45, 2.75) is 66.4 Å². The van der Waals surface area contributed by atoms with Gasteiger partial charge in [0.15, 0.2) is 0 Å². The molecule has 0 heterocycles. The van der Waals surface area contributed by atoms with E-state index in [2.05, 4.69) is 52.1 Å². The van der Waals surface area contributed by atoms with Crippen LogP contribution in [0.1, 0.15) is 70.8 Å². The van der Waals surface area contributed by atoms with E-state index in [9.17, 15) is 9.59 Å². The molecule has 0 radical (unpaired) electrons. The first-order chi connectivity index (χ1) is 14.9. The van der Waals surface area contributed by atoms with Crippen LogP contribution in [0.2, 0.25) is 0 Å². The number of carbonyl (C=O) groups is 2. The van der Waals surface area contributed by atoms with Crippen molar-refractivity contribution in [1.82, 2.24) is 0 Å². The summed E-state index contributed by atoms with van der Waals surface area (Å²) < 4.78 is 10.8. The maximum atomic E-state index is 12.2. The zero-order chi connectivity index (χ0) is 23.9. The van der Waals surface area contributed by atoms with E-state index >= 15 is 0 Å². The molecule has 0 spiro atoms. The minimum absolute atomic E-state index is 0.0582. The van der Waals surface area contributed by atoms with Crippen LogP contribution in [0.3, 0.4) is 0 Å². The lowest BCUT2D eigenvalue weighted by atomic mass is 9.72. The summed E-state index contributed by atoms with van der Waals surface area (Å²) in [6.07, 6.45) is 3.51. The first-order valence-electron chi connectivity index (χ1n) is 10.9. The molecule has 0 atom stereocenters. The number of ether oxygens (including phenoxy) is 2. The third-order valence-corrected chi connectivity index (χ3v) is 4.74. The summed E-state index contributed by atoms with van der Waals surface area (Å²) >= 11 is 0. The molecule has 32 heavy (non-hydrogen) atoms. The van der Waals surface area contributed by atoms with Gasteiger partial charge in [-0.15, -0.1) is 0 Å². The summed E-state index contributed by atoms with van der Waals surface area (Å²) in [4.78, 5) is 24.2. The standard InChI is InChI=1S/C27H35NO4/c1-19(2)32-25(30)20-9-8-10-22(17-20)28-24(29)15-16-31-23-13-11-21(12-14-23)27(6,7)18-26(3,4)5/h8-17,19H,18H2,1-7H3,(H,28,29). The molecule has 0 saturated carbocycles. The molecule has 1 N–H and O–H groups in total. The molecule has 0 aliphatic heterocycles. The van der Waals surface area contributed by atoms with Gasteiger partial charge in [-0.25, -0.2) is 4.79 Å². The predicted octanol–water partition coefficient (Wildman–Crippen LogP) is 6.50. The fourth-order valence-corrected chi connectivity index (χ4v) is 3.78. The van der Waals surface area contributed by atoms with Crippen LogP contribution in [0.25, 0.3) is 0 Å². The first-order valence-corrected chi connectivity index (χ1v) is 10.9. The highest BCUT2D eigenvalue weighted by atomic mass is 16.5. The smallest absolute Gasteiger partial charge is 0.338 e. The largest absolute Gasteiger partial charge is 0.465 e. The second-order valence-corrected chi connectivity index (χ2v) is 10.1. The van der Waals surface area contributed by atoms with Crippen LogP contribution < -0.4 is 10.1 Å². The van der Waals surface area contributed by atoms with Gasteiger partial charge in [-0.05, 0) is 67.0 Å². The minimum atomic E-state index is -0.427. The van der Waals surface area contributed by atoms with Gasteiger partial charge in [0.2, 0.25) is 0 Å². The van der Waals surface area contributed by atoms with Crippen LogP contribution >= 0.6 is 0 Å². The number of nitrogens with one attached hydrogen (secondary N) is 1. The summed E-state index contributed by atoms with van der Waals surface area (Å²) in [6, 6.07) is 14.6. The van der Waals surface area contributed by atoms with E-state index in [0.717, 1.165) is 6.42 Å². The third kappa shape index (κ3) is 8.22. The predicted molar refractivity (Wildman–Crippen MR) is 129 cm³/mol. The number of anilines is 1. The van der Waals surface area contributed by atoms with Gasteiger partial charge >= 0.3 is 5.97 Å². The van der Waals surface area contributed by atoms with E-state index in [1.165, 1.54) is 17.9 Å². The minimum Gasteiger partial charge on any atom is -0.465 e. The SMILES string of the molecule is CC(C)OC(=O)c1cccc(NC(=O)C=COc2ccc(C(C)(C)CC(C)(C)C)cc2)c1. The van der Waals surface area contributed by atoms with Gasteiger partial charge in [0, 0.05) is 11.8 Å². The Balaban J connectivity index is 1.93. The van der Waals surface area contributed by atoms with Crippen LogP contribution in [0, 0.1) is 5.41 Å². The van der Waals surface area contributed by atoms with E-state index in [4.69, 9.17) is 9.47 Å². The van der Waals surface area contributed by atoms with Crippen molar-refractivity contribution in [2.75, 3.05) is 5.32 Å². The molecule has 0 bridgehead atoms. The molecule has 0 aromatic heterocycles. The van der Waals surface area contributed by atoms with E-state index in [-0.39, 0.29) is 22.8 Å². The number of carbonyl (C=O) groups excluding carboxylic acids is 2. The number of hydrogen-bond acceptors (Lipinski definition) is 4. The summed E-state index contributed by atoms with van der Waals surface area (Å²) in [7, 11) is 0. The maximum absolute atomic E-state index is 12.2. The molecular weight excluding hydrogens is 402 g/mol. The summed E-state index contributed by atoms with van der Waals surface area (Å²) in [5.41, 5.74) is 2.43. The summed E-state index contributed by atoms with van der Waals surface area (Å²) in [5, 5.41) is 2.71. The van der Waals surface area contributed by atoms with Crippen molar-refractivity contribution in [3.05, 3.63) is 72.0 Å². The van der Waals surface area contributed by atoms with Crippen molar-refractivity contribution in [2.24, 2.45) is 5.41 Å². The second kappa shape index (κ2) is 10.5. The first kappa shape index (κ1) is 25.2. The van der Waals surface area contributed by atoms with Gasteiger partial charge in [0.05, 0.1) is 17.9 Å². The van der Waals surface area contributed by atoms with Crippen LogP contribution in [0.15, 0.2) is 60.9 Å². The molecule has 0 fully saturated rings. The normalized spacial score (nSPS) is 12.1. The Morgan fingerprint density at radius 1 is 1.00 bits per heavy atom. The lowest BCUT2D eigenvalue weighted by Gasteiger charge is -2.33. The van der Waals surface area contributed by atoms with E-state index in [0.29, 0.717) is 17.0 Å². The van der Waals surface area contributed by atoms with Gasteiger partial charge < -0.3 is 14.8 Å². The van der Waals surface area contributed by atoms with Crippen LogP contribution in [-0.4, -0.2) is 18.0 Å². The van der Waals surface area contributed by atoms with Crippen molar-refractivity contribution in [3.63, 3.8) is 0 Å². The van der Waals surface area contributed by atoms with E-state index < -0.39 is 5.97 Å². The van der Waals surface area contributed by atoms with Gasteiger partial charge in [0.25, 0.3) is 5.91 Å². The number of hydrogen-bond donors (Lipinski definition) is 1. The molecule has 5 nitrogen and oxygen atoms in total. The summed E-state index contributed by atoms with van der Waals surface area (Å²) in [6.45, 7) is 14.8. The van der Waals surface area contributed by atoms with Crippen LogP contribution in [0.4, 0.5) is 5.69 Å². The van der Waals surface area contributed by atoms with Crippen LogP contribution in [-0.2, 0) is 14.9 Å². The van der Waals surface area contributed by atoms with Crippen molar-refractivity contribution < 1.29 is 19.1 Å². The zero-order valence-corrected chi connectivity index (χ0v) is 20.2. The van der Waals surface area contributed by atoms with Gasteiger partial charge in [-0.3, -0.25) is 4.79 Å². The lowest BCUT2D eigenvalue weighted by molar-refractivity contribution is -0.112. The van der Waals surface area contributed by atoms with E-state index in [1.807, 2.05) is 12.1 Å². The quantitative estimate of drug-likeness (QED) is 0.291. The fraction of sp³-hybridized carbons (Fsp3) is 0.407. The molecule has 0 aliphatic rings. The molecule has 5 heteroatoms. The Hall–Kier alpha value is -3.08. The Kier molecular flexibility index (Phi) is 8.25. The Morgan fingerprint density at radius 3 is 2.25 bits per heavy atom. The second-order valence-electron chi connectivity index (χ2n) is 10.1. The fourth-order valence-electron chi connectivity index (χ4n) is 3.78. The van der Waals surface area contributed by atoms with Crippen LogP contribution in [0.5, 0.6) is 5.75 Å². The number of rotatable bonds is 8. The van der Waals surface area contributed by atoms with Crippen molar-refractivity contribution in [3.8, 4) is 5.75 Å². The molecule has 2 rings (SSSR count). The summed E-state index contributed by atoms with van der Waals surface area (Å²) in [5.74, 6) is -0.130. The molecule has 172 valence electrons. The van der Waals surface area contributed by atoms with Gasteiger partial charge in [0.1, 0.15) is 5.75 Å². The van der Waals surface area contributed by atoms with E-state index in [1.54, 1.807) is 38.1 Å². The molecule has 2 aromatic rings. The Bertz CT molecular complexity index is 950.